The first kappa shape index (κ1) is 29.6. The predicted molar refractivity (Wildman–Crippen MR) is 154 cm³/mol. The molecule has 0 saturated heterocycles. The first-order chi connectivity index (χ1) is 19.3. The molecule has 1 nitrogen and oxygen atoms in total. The van der Waals surface area contributed by atoms with Gasteiger partial charge in [0.2, 0.25) is 0 Å². The molecule has 0 unspecified atom stereocenters. The Kier molecular flexibility index (Phi) is 6.76. The topological polar surface area (TPSA) is 17.1 Å². The lowest BCUT2D eigenvalue weighted by atomic mass is 9.78. The molecule has 4 aromatic carbocycles. The number of alkyl halides is 6. The Morgan fingerprint density at radius 2 is 0.738 bits per heavy atom. The third-order valence-corrected chi connectivity index (χ3v) is 7.76. The van der Waals surface area contributed by atoms with Gasteiger partial charge in [0.25, 0.3) is 0 Å². The van der Waals surface area contributed by atoms with Crippen LogP contribution in [0, 0.1) is 0 Å². The highest BCUT2D eigenvalue weighted by Gasteiger charge is 2.35. The van der Waals surface area contributed by atoms with Crippen LogP contribution in [0.15, 0.2) is 72.8 Å². The largest absolute Gasteiger partial charge is 0.416 e. The Hall–Kier alpha value is -3.87. The van der Waals surface area contributed by atoms with Gasteiger partial charge in [0, 0.05) is 11.1 Å². The Morgan fingerprint density at radius 3 is 1.00 bits per heavy atom. The van der Waals surface area contributed by atoms with Crippen molar-refractivity contribution in [2.45, 2.75) is 64.7 Å². The van der Waals surface area contributed by atoms with Gasteiger partial charge in [-0.25, -0.2) is 0 Å². The average molecular weight is 581 g/mol. The van der Waals surface area contributed by atoms with Gasteiger partial charge >= 0.3 is 12.4 Å². The molecule has 1 aliphatic carbocycles. The van der Waals surface area contributed by atoms with Gasteiger partial charge in [-0.1, -0.05) is 65.8 Å². The predicted octanol–water partition coefficient (Wildman–Crippen LogP) is 10.9. The second kappa shape index (κ2) is 9.58. The molecule has 0 atom stereocenters. The maximum Gasteiger partial charge on any atom is 0.416 e. The standard InChI is InChI=1S/C35H30F6O/c1-32(2,3)29-17-25-26-18-30(33(4,5)6)24(20-9-13-22(14-10-20)35(39,40)41)16-28(26)31(42)27(25)15-23(29)19-7-11-21(12-8-19)34(36,37)38/h7-18H,1-6H3. The van der Waals surface area contributed by atoms with Crippen molar-refractivity contribution >= 4 is 5.78 Å². The molecular formula is C35H30F6O. The van der Waals surface area contributed by atoms with Gasteiger partial charge in [0.1, 0.15) is 0 Å². The number of hydrogen-bond donors (Lipinski definition) is 0. The summed E-state index contributed by atoms with van der Waals surface area (Å²) in [6.45, 7) is 12.0. The van der Waals surface area contributed by atoms with E-state index < -0.39 is 34.3 Å². The molecule has 0 aromatic heterocycles. The van der Waals surface area contributed by atoms with Gasteiger partial charge in [0.05, 0.1) is 11.1 Å². The van der Waals surface area contributed by atoms with Crippen LogP contribution in [-0.4, -0.2) is 5.78 Å². The number of ketones is 1. The van der Waals surface area contributed by atoms with Crippen LogP contribution in [0.2, 0.25) is 0 Å². The van der Waals surface area contributed by atoms with E-state index in [1.807, 2.05) is 53.7 Å². The van der Waals surface area contributed by atoms with Crippen LogP contribution in [0.25, 0.3) is 33.4 Å². The first-order valence-corrected chi connectivity index (χ1v) is 13.5. The lowest BCUT2D eigenvalue weighted by Crippen LogP contribution is -2.14. The van der Waals surface area contributed by atoms with E-state index >= 15 is 0 Å². The Balaban J connectivity index is 1.70. The molecule has 0 spiro atoms. The zero-order valence-electron chi connectivity index (χ0n) is 24.1. The minimum Gasteiger partial charge on any atom is -0.289 e. The molecule has 218 valence electrons. The zero-order valence-corrected chi connectivity index (χ0v) is 24.1. The van der Waals surface area contributed by atoms with Crippen molar-refractivity contribution in [2.24, 2.45) is 0 Å². The zero-order chi connectivity index (χ0) is 31.0. The number of hydrogen-bond acceptors (Lipinski definition) is 1. The van der Waals surface area contributed by atoms with Gasteiger partial charge < -0.3 is 0 Å². The number of halogens is 6. The fraction of sp³-hybridized carbons (Fsp3) is 0.286. The minimum atomic E-state index is -4.46. The Labute approximate surface area is 241 Å². The highest BCUT2D eigenvalue weighted by atomic mass is 19.4. The fourth-order valence-corrected chi connectivity index (χ4v) is 5.56. The average Bonchev–Trinajstić information content (AvgIpc) is 3.16. The molecule has 0 fully saturated rings. The second-order valence-corrected chi connectivity index (χ2v) is 12.9. The molecule has 5 rings (SSSR count). The SMILES string of the molecule is CC(C)(C)c1cc2c(cc1-c1ccc(C(F)(F)F)cc1)C(=O)c1cc(-c3ccc(C(F)(F)F)cc3)c(C(C)(C)C)cc1-2. The normalized spacial score (nSPS) is 13.8. The molecule has 42 heavy (non-hydrogen) atoms. The van der Waals surface area contributed by atoms with E-state index in [1.54, 1.807) is 12.1 Å². The smallest absolute Gasteiger partial charge is 0.289 e. The maximum atomic E-state index is 13.9. The molecule has 0 radical (unpaired) electrons. The fourth-order valence-electron chi connectivity index (χ4n) is 5.56. The van der Waals surface area contributed by atoms with Gasteiger partial charge in [-0.05, 0) is 104 Å². The van der Waals surface area contributed by atoms with E-state index in [4.69, 9.17) is 0 Å². The molecule has 0 aliphatic heterocycles. The number of carbonyl (C=O) groups is 1. The lowest BCUT2D eigenvalue weighted by Gasteiger charge is -2.26. The number of rotatable bonds is 2. The molecule has 0 heterocycles. The summed E-state index contributed by atoms with van der Waals surface area (Å²) >= 11 is 0. The maximum absolute atomic E-state index is 13.9. The summed E-state index contributed by atoms with van der Waals surface area (Å²) in [7, 11) is 0. The van der Waals surface area contributed by atoms with Crippen molar-refractivity contribution in [3.63, 3.8) is 0 Å². The monoisotopic (exact) mass is 580 g/mol. The summed E-state index contributed by atoms with van der Waals surface area (Å²) in [5, 5.41) is 0. The van der Waals surface area contributed by atoms with Gasteiger partial charge in [-0.3, -0.25) is 4.79 Å². The van der Waals surface area contributed by atoms with Crippen molar-refractivity contribution in [1.82, 2.24) is 0 Å². The molecule has 7 heteroatoms. The summed E-state index contributed by atoms with van der Waals surface area (Å²) in [4.78, 5) is 13.9. The van der Waals surface area contributed by atoms with Gasteiger partial charge in [0.15, 0.2) is 5.78 Å². The third-order valence-electron chi connectivity index (χ3n) is 7.76. The molecule has 0 saturated carbocycles. The number of benzene rings is 4. The Bertz CT molecular complexity index is 1570. The molecule has 0 amide bonds. The number of fused-ring (bicyclic) bond motifs is 3. The van der Waals surface area contributed by atoms with Crippen molar-refractivity contribution in [3.05, 3.63) is 106 Å². The first-order valence-electron chi connectivity index (χ1n) is 13.5. The highest BCUT2D eigenvalue weighted by Crippen LogP contribution is 2.47. The van der Waals surface area contributed by atoms with Crippen LogP contribution in [0.3, 0.4) is 0 Å². The Morgan fingerprint density at radius 1 is 0.429 bits per heavy atom. The van der Waals surface area contributed by atoms with E-state index in [-0.39, 0.29) is 5.78 Å². The summed E-state index contributed by atoms with van der Waals surface area (Å²) in [6, 6.07) is 17.3. The lowest BCUT2D eigenvalue weighted by molar-refractivity contribution is -0.138. The minimum absolute atomic E-state index is 0.234. The van der Waals surface area contributed by atoms with Gasteiger partial charge in [-0.15, -0.1) is 0 Å². The van der Waals surface area contributed by atoms with E-state index in [0.29, 0.717) is 33.4 Å². The summed E-state index contributed by atoms with van der Waals surface area (Å²) < 4.78 is 79.3. The molecular weight excluding hydrogens is 550 g/mol. The number of carbonyl (C=O) groups excluding carboxylic acids is 1. The van der Waals surface area contributed by atoms with E-state index in [0.717, 1.165) is 46.5 Å². The van der Waals surface area contributed by atoms with Crippen molar-refractivity contribution in [2.75, 3.05) is 0 Å². The molecule has 0 bridgehead atoms. The molecule has 0 N–H and O–H groups in total. The van der Waals surface area contributed by atoms with Crippen LogP contribution >= 0.6 is 0 Å². The molecule has 1 aliphatic rings. The van der Waals surface area contributed by atoms with Crippen molar-refractivity contribution in [1.29, 1.82) is 0 Å². The van der Waals surface area contributed by atoms with E-state index in [1.165, 1.54) is 24.3 Å². The quantitative estimate of drug-likeness (QED) is 0.190. The summed E-state index contributed by atoms with van der Waals surface area (Å²) in [6.07, 6.45) is -8.92. The summed E-state index contributed by atoms with van der Waals surface area (Å²) in [5.74, 6) is -0.234. The van der Waals surface area contributed by atoms with Gasteiger partial charge in [-0.2, -0.15) is 26.3 Å². The van der Waals surface area contributed by atoms with Crippen molar-refractivity contribution < 1.29 is 31.1 Å². The van der Waals surface area contributed by atoms with Crippen LogP contribution < -0.4 is 0 Å². The highest BCUT2D eigenvalue weighted by molar-refractivity contribution is 6.23. The third kappa shape index (κ3) is 5.25. The van der Waals surface area contributed by atoms with Crippen LogP contribution in [0.4, 0.5) is 26.3 Å². The van der Waals surface area contributed by atoms with Crippen LogP contribution in [0.5, 0.6) is 0 Å². The second-order valence-electron chi connectivity index (χ2n) is 12.9. The van der Waals surface area contributed by atoms with Crippen LogP contribution in [0.1, 0.15) is 79.7 Å². The van der Waals surface area contributed by atoms with Crippen LogP contribution in [-0.2, 0) is 23.2 Å². The van der Waals surface area contributed by atoms with Crippen molar-refractivity contribution in [3.8, 4) is 33.4 Å². The summed E-state index contributed by atoms with van der Waals surface area (Å²) in [5.41, 5.74) is 4.31. The van der Waals surface area contributed by atoms with E-state index in [2.05, 4.69) is 0 Å². The van der Waals surface area contributed by atoms with E-state index in [9.17, 15) is 31.1 Å². The molecule has 4 aromatic rings.